The molecule has 1 N–H and O–H groups in total. The van der Waals surface area contributed by atoms with Crippen molar-refractivity contribution in [1.29, 1.82) is 0 Å². The Kier molecular flexibility index (Phi) is 5.65. The lowest BCUT2D eigenvalue weighted by atomic mass is 9.79. The molecule has 2 rings (SSSR count). The van der Waals surface area contributed by atoms with Crippen molar-refractivity contribution in [2.45, 2.75) is 50.6 Å². The molecule has 0 atom stereocenters. The van der Waals surface area contributed by atoms with Crippen LogP contribution in [0, 0.1) is 0 Å². The second kappa shape index (κ2) is 7.28. The van der Waals surface area contributed by atoms with Gasteiger partial charge in [-0.15, -0.1) is 0 Å². The summed E-state index contributed by atoms with van der Waals surface area (Å²) in [6, 6.07) is 7.70. The van der Waals surface area contributed by atoms with Gasteiger partial charge in [-0.05, 0) is 31.5 Å². The fourth-order valence-electron chi connectivity index (χ4n) is 3.14. The second-order valence-corrected chi connectivity index (χ2v) is 6.52. The number of amides is 1. The van der Waals surface area contributed by atoms with Gasteiger partial charge in [-0.3, -0.25) is 4.79 Å². The van der Waals surface area contributed by atoms with Crippen LogP contribution in [0.1, 0.15) is 44.1 Å². The molecular weight excluding hydrogens is 284 g/mol. The van der Waals surface area contributed by atoms with E-state index in [1.807, 2.05) is 38.4 Å². The SMILES string of the molecule is CNC1(CC(=O)N(C)Cc2ccccc2Cl)CCCCC1. The summed E-state index contributed by atoms with van der Waals surface area (Å²) < 4.78 is 0. The first kappa shape index (κ1) is 16.3. The van der Waals surface area contributed by atoms with Gasteiger partial charge in [0.05, 0.1) is 0 Å². The molecule has 0 aliphatic heterocycles. The van der Waals surface area contributed by atoms with E-state index in [-0.39, 0.29) is 11.4 Å². The first-order chi connectivity index (χ1) is 10.1. The number of hydrogen-bond acceptors (Lipinski definition) is 2. The molecule has 4 heteroatoms. The van der Waals surface area contributed by atoms with Crippen LogP contribution < -0.4 is 5.32 Å². The minimum atomic E-state index is -0.00985. The van der Waals surface area contributed by atoms with Gasteiger partial charge >= 0.3 is 0 Å². The summed E-state index contributed by atoms with van der Waals surface area (Å²) in [6.07, 6.45) is 6.46. The van der Waals surface area contributed by atoms with Crippen LogP contribution in [0.15, 0.2) is 24.3 Å². The van der Waals surface area contributed by atoms with E-state index in [2.05, 4.69) is 5.32 Å². The van der Waals surface area contributed by atoms with E-state index in [0.29, 0.717) is 13.0 Å². The molecule has 0 bridgehead atoms. The molecule has 3 nitrogen and oxygen atoms in total. The standard InChI is InChI=1S/C17H25ClN2O/c1-19-17(10-6-3-7-11-17)12-16(21)20(2)13-14-8-4-5-9-15(14)18/h4-5,8-9,19H,3,6-7,10-13H2,1-2H3. The monoisotopic (exact) mass is 308 g/mol. The summed E-state index contributed by atoms with van der Waals surface area (Å²) >= 11 is 6.17. The Labute approximate surface area is 132 Å². The van der Waals surface area contributed by atoms with Gasteiger partial charge in [0, 0.05) is 30.6 Å². The van der Waals surface area contributed by atoms with Crippen molar-refractivity contribution in [2.75, 3.05) is 14.1 Å². The van der Waals surface area contributed by atoms with E-state index in [1.165, 1.54) is 19.3 Å². The Bertz CT molecular complexity index is 483. The predicted molar refractivity (Wildman–Crippen MR) is 87.4 cm³/mol. The minimum absolute atomic E-state index is 0.00985. The van der Waals surface area contributed by atoms with Crippen LogP contribution in [-0.2, 0) is 11.3 Å². The molecule has 1 amide bonds. The Morgan fingerprint density at radius 1 is 1.29 bits per heavy atom. The van der Waals surface area contributed by atoms with Crippen molar-refractivity contribution < 1.29 is 4.79 Å². The van der Waals surface area contributed by atoms with Gasteiger partial charge in [0.2, 0.25) is 5.91 Å². The number of halogens is 1. The van der Waals surface area contributed by atoms with Gasteiger partial charge in [0.15, 0.2) is 0 Å². The van der Waals surface area contributed by atoms with Crippen molar-refractivity contribution in [1.82, 2.24) is 10.2 Å². The molecule has 0 radical (unpaired) electrons. The highest BCUT2D eigenvalue weighted by atomic mass is 35.5. The molecule has 0 heterocycles. The minimum Gasteiger partial charge on any atom is -0.341 e. The molecule has 0 unspecified atom stereocenters. The number of carbonyl (C=O) groups excluding carboxylic acids is 1. The van der Waals surface area contributed by atoms with Crippen molar-refractivity contribution in [3.63, 3.8) is 0 Å². The maximum Gasteiger partial charge on any atom is 0.224 e. The molecule has 1 aromatic carbocycles. The van der Waals surface area contributed by atoms with Crippen molar-refractivity contribution in [3.8, 4) is 0 Å². The third-order valence-electron chi connectivity index (χ3n) is 4.62. The van der Waals surface area contributed by atoms with E-state index in [0.717, 1.165) is 23.4 Å². The van der Waals surface area contributed by atoms with Crippen LogP contribution in [0.25, 0.3) is 0 Å². The summed E-state index contributed by atoms with van der Waals surface area (Å²) in [7, 11) is 3.84. The molecule has 1 aliphatic rings. The molecule has 21 heavy (non-hydrogen) atoms. The van der Waals surface area contributed by atoms with Crippen LogP contribution in [0.4, 0.5) is 0 Å². The van der Waals surface area contributed by atoms with Gasteiger partial charge in [-0.25, -0.2) is 0 Å². The number of carbonyl (C=O) groups is 1. The molecule has 1 aliphatic carbocycles. The number of benzene rings is 1. The zero-order chi connectivity index (χ0) is 15.3. The first-order valence-corrected chi connectivity index (χ1v) is 8.10. The maximum atomic E-state index is 12.5. The highest BCUT2D eigenvalue weighted by Crippen LogP contribution is 2.31. The number of rotatable bonds is 5. The van der Waals surface area contributed by atoms with E-state index in [9.17, 15) is 4.79 Å². The van der Waals surface area contributed by atoms with Crippen LogP contribution in [0.5, 0.6) is 0 Å². The average molecular weight is 309 g/mol. The third kappa shape index (κ3) is 4.21. The molecular formula is C17H25ClN2O. The van der Waals surface area contributed by atoms with Crippen molar-refractivity contribution in [3.05, 3.63) is 34.9 Å². The van der Waals surface area contributed by atoms with Gasteiger partial charge in [0.1, 0.15) is 0 Å². The molecule has 1 saturated carbocycles. The van der Waals surface area contributed by atoms with E-state index >= 15 is 0 Å². The number of hydrogen-bond donors (Lipinski definition) is 1. The van der Waals surface area contributed by atoms with E-state index in [1.54, 1.807) is 4.90 Å². The highest BCUT2D eigenvalue weighted by Gasteiger charge is 2.33. The fourth-order valence-corrected chi connectivity index (χ4v) is 3.33. The zero-order valence-electron chi connectivity index (χ0n) is 13.0. The second-order valence-electron chi connectivity index (χ2n) is 6.11. The quantitative estimate of drug-likeness (QED) is 0.901. The lowest BCUT2D eigenvalue weighted by molar-refractivity contribution is -0.132. The van der Waals surface area contributed by atoms with Crippen molar-refractivity contribution in [2.24, 2.45) is 0 Å². The molecule has 0 aromatic heterocycles. The first-order valence-electron chi connectivity index (χ1n) is 7.73. The molecule has 1 aromatic rings. The van der Waals surface area contributed by atoms with Gasteiger partial charge in [0.25, 0.3) is 0 Å². The smallest absolute Gasteiger partial charge is 0.224 e. The molecule has 1 fully saturated rings. The van der Waals surface area contributed by atoms with Crippen LogP contribution in [-0.4, -0.2) is 30.4 Å². The fraction of sp³-hybridized carbons (Fsp3) is 0.588. The summed E-state index contributed by atoms with van der Waals surface area (Å²) in [5.74, 6) is 0.186. The highest BCUT2D eigenvalue weighted by molar-refractivity contribution is 6.31. The lowest BCUT2D eigenvalue weighted by Gasteiger charge is -2.37. The normalized spacial score (nSPS) is 17.5. The number of nitrogens with zero attached hydrogens (tertiary/aromatic N) is 1. The van der Waals surface area contributed by atoms with Gasteiger partial charge in [-0.1, -0.05) is 49.1 Å². The third-order valence-corrected chi connectivity index (χ3v) is 4.99. The Hall–Kier alpha value is -1.06. The lowest BCUT2D eigenvalue weighted by Crippen LogP contribution is -2.48. The summed E-state index contributed by atoms with van der Waals surface area (Å²) in [5, 5.41) is 4.13. The largest absolute Gasteiger partial charge is 0.341 e. The van der Waals surface area contributed by atoms with Gasteiger partial charge in [-0.2, -0.15) is 0 Å². The summed E-state index contributed by atoms with van der Waals surface area (Å²) in [6.45, 7) is 0.568. The van der Waals surface area contributed by atoms with E-state index < -0.39 is 0 Å². The van der Waals surface area contributed by atoms with Gasteiger partial charge < -0.3 is 10.2 Å². The topological polar surface area (TPSA) is 32.3 Å². The van der Waals surface area contributed by atoms with E-state index in [4.69, 9.17) is 11.6 Å². The number of nitrogens with one attached hydrogen (secondary N) is 1. The molecule has 0 spiro atoms. The van der Waals surface area contributed by atoms with Crippen LogP contribution in [0.2, 0.25) is 5.02 Å². The van der Waals surface area contributed by atoms with Crippen LogP contribution >= 0.6 is 11.6 Å². The van der Waals surface area contributed by atoms with Crippen molar-refractivity contribution >= 4 is 17.5 Å². The Balaban J connectivity index is 1.97. The Morgan fingerprint density at radius 3 is 2.57 bits per heavy atom. The zero-order valence-corrected chi connectivity index (χ0v) is 13.7. The predicted octanol–water partition coefficient (Wildman–Crippen LogP) is 3.61. The molecule has 0 saturated heterocycles. The Morgan fingerprint density at radius 2 is 1.95 bits per heavy atom. The van der Waals surface area contributed by atoms with Crippen LogP contribution in [0.3, 0.4) is 0 Å². The average Bonchev–Trinajstić information content (AvgIpc) is 2.50. The molecule has 116 valence electrons. The maximum absolute atomic E-state index is 12.5. The summed E-state index contributed by atoms with van der Waals surface area (Å²) in [5.41, 5.74) is 0.988. The summed E-state index contributed by atoms with van der Waals surface area (Å²) in [4.78, 5) is 14.3.